The van der Waals surface area contributed by atoms with Gasteiger partial charge < -0.3 is 9.94 Å². The van der Waals surface area contributed by atoms with Gasteiger partial charge in [-0.25, -0.2) is 4.79 Å². The van der Waals surface area contributed by atoms with Crippen LogP contribution in [0.15, 0.2) is 53.6 Å². The third-order valence-electron chi connectivity index (χ3n) is 2.63. The van der Waals surface area contributed by atoms with Crippen LogP contribution in [0.3, 0.4) is 0 Å². The summed E-state index contributed by atoms with van der Waals surface area (Å²) >= 11 is 5.76. The average Bonchev–Trinajstić information content (AvgIpc) is 2.50. The molecule has 0 bridgehead atoms. The lowest BCUT2D eigenvalue weighted by molar-refractivity contribution is -0.435. The highest BCUT2D eigenvalue weighted by molar-refractivity contribution is 6.30. The molecule has 2 rings (SSSR count). The summed E-state index contributed by atoms with van der Waals surface area (Å²) in [7, 11) is 0. The van der Waals surface area contributed by atoms with Crippen LogP contribution < -0.4 is 0 Å². The second-order valence-electron chi connectivity index (χ2n) is 4.12. The van der Waals surface area contributed by atoms with Crippen molar-refractivity contribution < 1.29 is 14.4 Å². The Morgan fingerprint density at radius 1 is 1.19 bits per heavy atom. The van der Waals surface area contributed by atoms with Gasteiger partial charge in [0.05, 0.1) is 12.2 Å². The summed E-state index contributed by atoms with van der Waals surface area (Å²) in [6.45, 7) is 2.04. The van der Waals surface area contributed by atoms with Crippen molar-refractivity contribution in [1.82, 2.24) is 0 Å². The number of halogens is 1. The van der Waals surface area contributed by atoms with Crippen molar-refractivity contribution >= 4 is 28.9 Å². The molecule has 0 aliphatic heterocycles. The van der Waals surface area contributed by atoms with Crippen molar-refractivity contribution in [1.29, 1.82) is 0 Å². The summed E-state index contributed by atoms with van der Waals surface area (Å²) in [6.07, 6.45) is 0. The van der Waals surface area contributed by atoms with Crippen molar-refractivity contribution in [2.45, 2.75) is 6.92 Å². The fourth-order valence-corrected chi connectivity index (χ4v) is 1.74. The summed E-state index contributed by atoms with van der Waals surface area (Å²) in [5.41, 5.74) is 1.20. The molecule has 2 aromatic rings. The molecule has 0 saturated carbocycles. The molecule has 0 aromatic heterocycles. The molecule has 0 unspecified atom stereocenters. The molecule has 0 radical (unpaired) electrons. The molecule has 0 aliphatic rings. The number of carbonyl (C=O) groups is 1. The molecule has 0 spiro atoms. The molecule has 0 heterocycles. The highest BCUT2D eigenvalue weighted by Crippen LogP contribution is 2.20. The topological polar surface area (TPSA) is 64.7 Å². The van der Waals surface area contributed by atoms with Crippen LogP contribution in [-0.2, 0) is 4.74 Å². The number of ether oxygens (including phenoxy) is 1. The highest BCUT2D eigenvalue weighted by atomic mass is 35.5. The number of esters is 1. The van der Waals surface area contributed by atoms with Gasteiger partial charge in [0.25, 0.3) is 0 Å². The van der Waals surface area contributed by atoms with E-state index in [-0.39, 0.29) is 0 Å². The van der Waals surface area contributed by atoms with Gasteiger partial charge in [0.1, 0.15) is 5.69 Å². The molecular formula is C15H13ClN2O3. The Bertz CT molecular complexity index is 652. The maximum Gasteiger partial charge on any atom is 0.338 e. The first kappa shape index (κ1) is 15.0. The number of carbonyl (C=O) groups excluding carboxylic acids is 1. The van der Waals surface area contributed by atoms with Gasteiger partial charge in [-0.05, 0) is 43.3 Å². The number of hydrogen-bond acceptors (Lipinski definition) is 4. The fraction of sp³-hybridized carbons (Fsp3) is 0.133. The van der Waals surface area contributed by atoms with E-state index in [1.54, 1.807) is 31.2 Å². The Morgan fingerprint density at radius 2 is 1.81 bits per heavy atom. The standard InChI is InChI=1S/C15H13ClN2O3/c1-2-21-15(19)11-3-9-14(10-4-11)18(20)17-13-7-5-12(16)6-8-13/h3-10H,2H2,1H3. The lowest BCUT2D eigenvalue weighted by Gasteiger charge is -2.03. The van der Waals surface area contributed by atoms with E-state index >= 15 is 0 Å². The van der Waals surface area contributed by atoms with E-state index in [2.05, 4.69) is 5.11 Å². The van der Waals surface area contributed by atoms with E-state index in [9.17, 15) is 10.0 Å². The van der Waals surface area contributed by atoms with Gasteiger partial charge in [0.15, 0.2) is 0 Å². The van der Waals surface area contributed by atoms with Gasteiger partial charge in [-0.1, -0.05) is 16.5 Å². The molecule has 0 saturated heterocycles. The Labute approximate surface area is 127 Å². The van der Waals surface area contributed by atoms with E-state index in [1.807, 2.05) is 0 Å². The van der Waals surface area contributed by atoms with Crippen LogP contribution >= 0.6 is 11.6 Å². The van der Waals surface area contributed by atoms with E-state index < -0.39 is 5.97 Å². The van der Waals surface area contributed by atoms with Gasteiger partial charge in [0, 0.05) is 22.3 Å². The molecule has 0 N–H and O–H groups in total. The van der Waals surface area contributed by atoms with Crippen LogP contribution in [0.25, 0.3) is 0 Å². The van der Waals surface area contributed by atoms with Gasteiger partial charge in [-0.15, -0.1) is 0 Å². The molecule has 0 aliphatic carbocycles. The normalized spacial score (nSPS) is 11.2. The Morgan fingerprint density at radius 3 is 2.38 bits per heavy atom. The zero-order chi connectivity index (χ0) is 15.2. The molecule has 6 heteroatoms. The van der Waals surface area contributed by atoms with Crippen LogP contribution in [0.2, 0.25) is 5.02 Å². The van der Waals surface area contributed by atoms with Crippen LogP contribution in [0.4, 0.5) is 11.4 Å². The maximum atomic E-state index is 11.9. The predicted molar refractivity (Wildman–Crippen MR) is 79.2 cm³/mol. The smallest absolute Gasteiger partial charge is 0.338 e. The summed E-state index contributed by atoms with van der Waals surface area (Å²) in [5.74, 6) is -0.420. The van der Waals surface area contributed by atoms with E-state index in [0.717, 1.165) is 0 Å². The second-order valence-corrected chi connectivity index (χ2v) is 4.55. The Kier molecular flexibility index (Phi) is 4.90. The zero-order valence-corrected chi connectivity index (χ0v) is 12.1. The average molecular weight is 305 g/mol. The quantitative estimate of drug-likeness (QED) is 0.363. The van der Waals surface area contributed by atoms with Gasteiger partial charge >= 0.3 is 5.97 Å². The van der Waals surface area contributed by atoms with Crippen molar-refractivity contribution in [2.24, 2.45) is 5.11 Å². The minimum atomic E-state index is -0.420. The summed E-state index contributed by atoms with van der Waals surface area (Å²) < 4.78 is 4.87. The Hall–Kier alpha value is -2.40. The summed E-state index contributed by atoms with van der Waals surface area (Å²) in [6, 6.07) is 12.7. The first-order chi connectivity index (χ1) is 10.1. The van der Waals surface area contributed by atoms with Crippen molar-refractivity contribution in [3.05, 3.63) is 64.3 Å². The minimum Gasteiger partial charge on any atom is -0.594 e. The molecule has 108 valence electrons. The zero-order valence-electron chi connectivity index (χ0n) is 11.3. The molecular weight excluding hydrogens is 292 g/mol. The SMILES string of the molecule is CCOC(=O)c1ccc([N+]([O-])=Nc2ccc(Cl)cc2)cc1. The number of benzene rings is 2. The van der Waals surface area contributed by atoms with Crippen molar-refractivity contribution in [3.63, 3.8) is 0 Å². The highest BCUT2D eigenvalue weighted by Gasteiger charge is 2.09. The third-order valence-corrected chi connectivity index (χ3v) is 2.88. The van der Waals surface area contributed by atoms with Crippen molar-refractivity contribution in [3.8, 4) is 0 Å². The molecule has 0 fully saturated rings. The van der Waals surface area contributed by atoms with Crippen molar-refractivity contribution in [2.75, 3.05) is 6.61 Å². The number of azo groups is 1. The lowest BCUT2D eigenvalue weighted by atomic mass is 10.2. The predicted octanol–water partition coefficient (Wildman–Crippen LogP) is 4.44. The van der Waals surface area contributed by atoms with Gasteiger partial charge in [0.2, 0.25) is 5.69 Å². The fourth-order valence-electron chi connectivity index (χ4n) is 1.61. The van der Waals surface area contributed by atoms with Crippen LogP contribution in [-0.4, -0.2) is 17.4 Å². The molecule has 0 amide bonds. The van der Waals surface area contributed by atoms with E-state index in [0.29, 0.717) is 33.4 Å². The third kappa shape index (κ3) is 4.03. The second kappa shape index (κ2) is 6.85. The summed E-state index contributed by atoms with van der Waals surface area (Å²) in [4.78, 5) is 12.0. The molecule has 0 atom stereocenters. The maximum absolute atomic E-state index is 11.9. The number of nitrogens with zero attached hydrogens (tertiary/aromatic N) is 2. The van der Waals surface area contributed by atoms with Gasteiger partial charge in [-0.2, -0.15) is 0 Å². The Balaban J connectivity index is 2.17. The molecule has 21 heavy (non-hydrogen) atoms. The first-order valence-corrected chi connectivity index (χ1v) is 6.69. The van der Waals surface area contributed by atoms with Crippen LogP contribution in [0, 0.1) is 5.21 Å². The number of rotatable bonds is 4. The first-order valence-electron chi connectivity index (χ1n) is 6.32. The largest absolute Gasteiger partial charge is 0.594 e. The molecule has 2 aromatic carbocycles. The lowest BCUT2D eigenvalue weighted by Crippen LogP contribution is -2.04. The monoisotopic (exact) mass is 304 g/mol. The summed E-state index contributed by atoms with van der Waals surface area (Å²) in [5, 5.41) is 16.4. The van der Waals surface area contributed by atoms with Crippen LogP contribution in [0.5, 0.6) is 0 Å². The van der Waals surface area contributed by atoms with Gasteiger partial charge in [-0.3, -0.25) is 0 Å². The minimum absolute atomic E-state index is 0.306. The van der Waals surface area contributed by atoms with E-state index in [4.69, 9.17) is 16.3 Å². The number of hydrogen-bond donors (Lipinski definition) is 0. The molecule has 5 nitrogen and oxygen atoms in total. The van der Waals surface area contributed by atoms with Crippen LogP contribution in [0.1, 0.15) is 17.3 Å². The van der Waals surface area contributed by atoms with E-state index in [1.165, 1.54) is 24.3 Å².